The zero-order valence-corrected chi connectivity index (χ0v) is 55.4. The third kappa shape index (κ3) is 19.4. The van der Waals surface area contributed by atoms with Crippen LogP contribution in [0.3, 0.4) is 0 Å². The molecule has 1 unspecified atom stereocenters. The molecule has 8 rings (SSSR count). The number of amides is 9. The first kappa shape index (κ1) is 72.1. The van der Waals surface area contributed by atoms with Crippen molar-refractivity contribution in [1.82, 2.24) is 46.4 Å². The van der Waals surface area contributed by atoms with Gasteiger partial charge < -0.3 is 100 Å². The molecule has 29 nitrogen and oxygen atoms in total. The number of carbonyl (C=O) groups excluding carboxylic acids is 9. The summed E-state index contributed by atoms with van der Waals surface area (Å²) < 4.78 is 39.3. The lowest BCUT2D eigenvalue weighted by Gasteiger charge is -2.31. The lowest BCUT2D eigenvalue weighted by molar-refractivity contribution is -0.128. The van der Waals surface area contributed by atoms with E-state index in [1.54, 1.807) is 73.3 Å². The van der Waals surface area contributed by atoms with Gasteiger partial charge in [0.15, 0.2) is 11.5 Å². The Labute approximate surface area is 555 Å². The highest BCUT2D eigenvalue weighted by molar-refractivity contribution is 7.80. The second-order valence-electron chi connectivity index (χ2n) is 23.3. The average molecular weight is 1340 g/mol. The van der Waals surface area contributed by atoms with Gasteiger partial charge in [0.05, 0.1) is 94.0 Å². The number of likely N-dealkylation sites (N-methyl/N-ethyl adjacent to an activating group) is 1. The van der Waals surface area contributed by atoms with Crippen LogP contribution < -0.4 is 52.6 Å². The highest BCUT2D eigenvalue weighted by Crippen LogP contribution is 2.48. The molecule has 3 aromatic carbocycles. The first-order valence-corrected chi connectivity index (χ1v) is 32.5. The van der Waals surface area contributed by atoms with Crippen LogP contribution in [0.1, 0.15) is 95.0 Å². The van der Waals surface area contributed by atoms with E-state index < -0.39 is 53.8 Å². The van der Waals surface area contributed by atoms with Crippen LogP contribution in [0, 0.1) is 12.8 Å². The molecule has 0 spiro atoms. The number of urea groups is 1. The van der Waals surface area contributed by atoms with E-state index in [1.807, 2.05) is 20.9 Å². The van der Waals surface area contributed by atoms with Crippen molar-refractivity contribution < 1.29 is 76.0 Å². The number of furan rings is 1. The fourth-order valence-corrected chi connectivity index (χ4v) is 11.4. The number of nitrogens with zero attached hydrogens (tertiary/aromatic N) is 3. The molecule has 5 heterocycles. The number of aryl methyl sites for hydroxylation is 1. The predicted molar refractivity (Wildman–Crippen MR) is 358 cm³/mol. The number of rotatable bonds is 35. The minimum atomic E-state index is -1.09. The van der Waals surface area contributed by atoms with Crippen molar-refractivity contribution >= 4 is 116 Å². The number of fused-ring (bicyclic) bond motifs is 5. The van der Waals surface area contributed by atoms with E-state index in [0.29, 0.717) is 152 Å². The number of aromatic amines is 2. The number of hydrogen-bond donors (Lipinski definition) is 11. The fourth-order valence-electron chi connectivity index (χ4n) is 11.1. The van der Waals surface area contributed by atoms with Crippen molar-refractivity contribution in [1.29, 1.82) is 0 Å². The quantitative estimate of drug-likeness (QED) is 0.0145. The van der Waals surface area contributed by atoms with E-state index >= 15 is 0 Å². The summed E-state index contributed by atoms with van der Waals surface area (Å²) >= 11 is 4.67. The topological polar surface area (TPSA) is 374 Å². The number of primary amides is 1. The molecule has 2 aliphatic heterocycles. The van der Waals surface area contributed by atoms with Crippen LogP contribution in [0.5, 0.6) is 5.75 Å². The number of methoxy groups -OCH3 is 1. The van der Waals surface area contributed by atoms with Gasteiger partial charge in [-0.15, -0.1) is 0 Å². The van der Waals surface area contributed by atoms with Crippen molar-refractivity contribution in [3.05, 3.63) is 82.9 Å². The maximum atomic E-state index is 14.7. The van der Waals surface area contributed by atoms with Crippen molar-refractivity contribution in [2.75, 3.05) is 147 Å². The molecule has 3 atom stereocenters. The third-order valence-corrected chi connectivity index (χ3v) is 16.6. The first-order chi connectivity index (χ1) is 45.8. The fraction of sp³-hybridized carbons (Fsp3) is 0.492. The van der Waals surface area contributed by atoms with Crippen LogP contribution >= 0.6 is 12.6 Å². The predicted octanol–water partition coefficient (Wildman–Crippen LogP) is 4.75. The Hall–Kier alpha value is -8.78. The number of nitrogens with two attached hydrogens (primary N) is 1. The molecule has 9 amide bonds. The van der Waals surface area contributed by atoms with Gasteiger partial charge in [0.1, 0.15) is 17.3 Å². The summed E-state index contributed by atoms with van der Waals surface area (Å²) in [7, 11) is 3.26. The second-order valence-corrected chi connectivity index (χ2v) is 23.7. The zero-order chi connectivity index (χ0) is 68.1. The molecule has 0 saturated carbocycles. The molecule has 0 radical (unpaired) electrons. The number of aromatic nitrogens is 2. The SMILES string of the molecule is CCC(=O)NCCOCCOCCOCCOCCC(=O)NCCN[C@@H](C(=O)N[C@H](CCCNC(N)=O)C(=O)Nc1cccc2cc(C(=O)Nc3ccc4oc(C(=O)N5CC(CS)c6c5cc(OC(=O)N5CCN(C)CC5)c5[nH]c(C)c(C(=O)OC)c65)cc4c3)[nH]c12)C(C)C. The molecule has 514 valence electrons. The number of para-hydroxylation sites is 1. The van der Waals surface area contributed by atoms with Crippen molar-refractivity contribution in [3.63, 3.8) is 0 Å². The lowest BCUT2D eigenvalue weighted by atomic mass is 9.95. The number of carbonyl (C=O) groups is 9. The molecule has 2 aliphatic rings. The van der Waals surface area contributed by atoms with E-state index in [2.05, 4.69) is 64.7 Å². The molecule has 0 bridgehead atoms. The maximum Gasteiger partial charge on any atom is 0.415 e. The van der Waals surface area contributed by atoms with Gasteiger partial charge in [-0.05, 0) is 80.4 Å². The number of hydrogen-bond acceptors (Lipinski definition) is 19. The van der Waals surface area contributed by atoms with Crippen LogP contribution in [0.25, 0.3) is 32.8 Å². The number of benzene rings is 3. The van der Waals surface area contributed by atoms with Gasteiger partial charge in [0, 0.05) is 111 Å². The summed E-state index contributed by atoms with van der Waals surface area (Å²) in [5.74, 6) is -3.10. The smallest absolute Gasteiger partial charge is 0.415 e. The Balaban J connectivity index is 0.850. The summed E-state index contributed by atoms with van der Waals surface area (Å²) in [5.41, 5.74) is 9.14. The van der Waals surface area contributed by atoms with E-state index in [0.717, 1.165) is 0 Å². The number of ether oxygens (including phenoxy) is 6. The van der Waals surface area contributed by atoms with E-state index in [-0.39, 0.29) is 98.5 Å². The summed E-state index contributed by atoms with van der Waals surface area (Å²) in [4.78, 5) is 131. The molecule has 1 saturated heterocycles. The summed E-state index contributed by atoms with van der Waals surface area (Å²) in [5, 5.41) is 21.5. The molecule has 11 N–H and O–H groups in total. The zero-order valence-electron chi connectivity index (χ0n) is 54.5. The Kier molecular flexibility index (Phi) is 26.6. The molecule has 95 heavy (non-hydrogen) atoms. The summed E-state index contributed by atoms with van der Waals surface area (Å²) in [6, 6.07) is 12.2. The highest BCUT2D eigenvalue weighted by atomic mass is 32.1. The normalized spacial score (nSPS) is 14.6. The maximum absolute atomic E-state index is 14.7. The molecule has 6 aromatic rings. The number of piperazine rings is 1. The number of H-pyrrole nitrogens is 2. The van der Waals surface area contributed by atoms with E-state index in [9.17, 15) is 43.2 Å². The van der Waals surface area contributed by atoms with E-state index in [4.69, 9.17) is 38.6 Å². The largest absolute Gasteiger partial charge is 0.465 e. The minimum absolute atomic E-state index is 0.0166. The van der Waals surface area contributed by atoms with Gasteiger partial charge >= 0.3 is 18.1 Å². The Morgan fingerprint density at radius 2 is 1.46 bits per heavy atom. The summed E-state index contributed by atoms with van der Waals surface area (Å²) in [6.07, 6.45) is 0.366. The minimum Gasteiger partial charge on any atom is -0.465 e. The molecular formula is C65H87N13O16S. The average Bonchev–Trinajstić information content (AvgIpc) is 1.57. The van der Waals surface area contributed by atoms with Crippen LogP contribution in [0.4, 0.5) is 26.7 Å². The highest BCUT2D eigenvalue weighted by Gasteiger charge is 2.39. The van der Waals surface area contributed by atoms with Gasteiger partial charge in [-0.3, -0.25) is 28.8 Å². The van der Waals surface area contributed by atoms with Crippen molar-refractivity contribution in [2.24, 2.45) is 11.7 Å². The van der Waals surface area contributed by atoms with E-state index in [1.165, 1.54) is 12.0 Å². The van der Waals surface area contributed by atoms with Crippen LogP contribution in [-0.2, 0) is 42.9 Å². The van der Waals surface area contributed by atoms with Gasteiger partial charge in [-0.25, -0.2) is 14.4 Å². The van der Waals surface area contributed by atoms with Crippen molar-refractivity contribution in [3.8, 4) is 5.75 Å². The Bertz CT molecular complexity index is 3690. The lowest BCUT2D eigenvalue weighted by Crippen LogP contribution is -2.54. The standard InChI is InChI=1S/C65H87N13O16S/c1-7-51(79)68-19-25-90-27-29-92-31-30-91-28-26-89-24-15-52(80)67-17-18-69-56(38(2)3)61(83)75-45(12-9-16-70-64(66)86)59(81)74-44-11-8-10-40-33-46(73-57(40)44)60(82)72-43-13-14-48-41(32-43)34-50(93-48)62(84)78-36-42(37-95)54-47(78)35-49(94-65(87)77-22-20-76(5)21-23-77)58-55(54)53(39(4)71-58)63(85)88-6/h8,10-11,13-14,32-35,38,42,45,56,69,71,73,95H,7,9,12,15-31,36-37H2,1-6H3,(H,67,80)(H,68,79)(H,72,82)(H,74,81)(H,75,83)(H3,66,70,86)/t42?,45-,56-/m1/s1. The number of anilines is 3. The monoisotopic (exact) mass is 1340 g/mol. The van der Waals surface area contributed by atoms with Crippen molar-refractivity contribution in [2.45, 2.75) is 71.4 Å². The number of nitrogens with one attached hydrogen (secondary N) is 9. The van der Waals surface area contributed by atoms with Gasteiger partial charge in [-0.1, -0.05) is 32.9 Å². The molecule has 1 fully saturated rings. The Morgan fingerprint density at radius 1 is 0.758 bits per heavy atom. The third-order valence-electron chi connectivity index (χ3n) is 16.1. The first-order valence-electron chi connectivity index (χ1n) is 31.8. The molecular weight excluding hydrogens is 1250 g/mol. The number of thiol groups is 1. The second kappa shape index (κ2) is 35.1. The Morgan fingerprint density at radius 3 is 2.15 bits per heavy atom. The summed E-state index contributed by atoms with van der Waals surface area (Å²) in [6.45, 7) is 13.4. The molecule has 0 aliphatic carbocycles. The van der Waals surface area contributed by atoms with Crippen LogP contribution in [0.15, 0.2) is 59.0 Å². The molecule has 3 aromatic heterocycles. The van der Waals surface area contributed by atoms with Gasteiger partial charge in [0.2, 0.25) is 23.6 Å². The van der Waals surface area contributed by atoms with Gasteiger partial charge in [-0.2, -0.15) is 12.6 Å². The van der Waals surface area contributed by atoms with Gasteiger partial charge in [0.25, 0.3) is 11.8 Å². The number of esters is 1. The van der Waals surface area contributed by atoms with Crippen LogP contribution in [0.2, 0.25) is 0 Å². The van der Waals surface area contributed by atoms with Crippen LogP contribution in [-0.4, -0.2) is 217 Å². The molecule has 30 heteroatoms.